The minimum Gasteiger partial charge on any atom is -0.462 e. The molecule has 5 nitrogen and oxygen atoms in total. The third kappa shape index (κ3) is 3.15. The highest BCUT2D eigenvalue weighted by Crippen LogP contribution is 2.26. The largest absolute Gasteiger partial charge is 0.462 e. The number of rotatable bonds is 5. The number of nitrogens with zero attached hydrogens (tertiary/aromatic N) is 2. The average Bonchev–Trinajstić information content (AvgIpc) is 3.36. The van der Waals surface area contributed by atoms with Crippen LogP contribution in [0.5, 0.6) is 0 Å². The first-order valence-corrected chi connectivity index (χ1v) is 9.39. The first-order chi connectivity index (χ1) is 13.2. The molecule has 4 rings (SSSR count). The van der Waals surface area contributed by atoms with Crippen molar-refractivity contribution >= 4 is 28.6 Å². The molecule has 0 radical (unpaired) electrons. The van der Waals surface area contributed by atoms with Crippen LogP contribution < -0.4 is 0 Å². The molecular weight excluding hydrogens is 360 g/mol. The Bertz CT molecular complexity index is 1120. The molecule has 3 heterocycles. The number of aromatic nitrogens is 2. The van der Waals surface area contributed by atoms with Gasteiger partial charge in [-0.25, -0.2) is 9.78 Å². The van der Waals surface area contributed by atoms with Gasteiger partial charge in [0.05, 0.1) is 34.0 Å². The van der Waals surface area contributed by atoms with Gasteiger partial charge in [0.1, 0.15) is 6.33 Å². The van der Waals surface area contributed by atoms with Crippen molar-refractivity contribution < 1.29 is 14.3 Å². The van der Waals surface area contributed by atoms with Gasteiger partial charge in [0.25, 0.3) is 0 Å². The molecule has 0 atom stereocenters. The predicted molar refractivity (Wildman–Crippen MR) is 104 cm³/mol. The molecule has 0 aliphatic rings. The molecule has 0 N–H and O–H groups in total. The summed E-state index contributed by atoms with van der Waals surface area (Å²) in [6.07, 6.45) is 1.58. The summed E-state index contributed by atoms with van der Waals surface area (Å²) < 4.78 is 6.84. The van der Waals surface area contributed by atoms with E-state index in [1.807, 2.05) is 47.8 Å². The lowest BCUT2D eigenvalue weighted by Crippen LogP contribution is -2.04. The Morgan fingerprint density at radius 2 is 1.93 bits per heavy atom. The SMILES string of the molecule is CCOC(=O)c1cc(C(=O)c2cccs2)n2cnc(-c3ccccc3)cc12. The summed E-state index contributed by atoms with van der Waals surface area (Å²) in [6, 6.07) is 16.7. The van der Waals surface area contributed by atoms with Crippen LogP contribution >= 0.6 is 11.3 Å². The highest BCUT2D eigenvalue weighted by atomic mass is 32.1. The predicted octanol–water partition coefficient (Wildman–Crippen LogP) is 4.47. The molecule has 3 aromatic heterocycles. The molecule has 0 amide bonds. The van der Waals surface area contributed by atoms with Gasteiger partial charge in [0.2, 0.25) is 5.78 Å². The van der Waals surface area contributed by atoms with E-state index in [1.165, 1.54) is 11.3 Å². The van der Waals surface area contributed by atoms with E-state index in [1.54, 1.807) is 29.8 Å². The van der Waals surface area contributed by atoms with Gasteiger partial charge in [-0.2, -0.15) is 0 Å². The van der Waals surface area contributed by atoms with Gasteiger partial charge >= 0.3 is 5.97 Å². The van der Waals surface area contributed by atoms with Crippen LogP contribution in [-0.4, -0.2) is 27.7 Å². The second-order valence-corrected chi connectivity index (χ2v) is 6.81. The highest BCUT2D eigenvalue weighted by Gasteiger charge is 2.22. The summed E-state index contributed by atoms with van der Waals surface area (Å²) in [5, 5.41) is 1.85. The molecule has 6 heteroatoms. The van der Waals surface area contributed by atoms with Crippen LogP contribution in [0.3, 0.4) is 0 Å². The third-order valence-electron chi connectivity index (χ3n) is 4.20. The monoisotopic (exact) mass is 376 g/mol. The number of esters is 1. The summed E-state index contributed by atoms with van der Waals surface area (Å²) in [5.41, 5.74) is 3.00. The van der Waals surface area contributed by atoms with Gasteiger partial charge in [-0.3, -0.25) is 9.20 Å². The Morgan fingerprint density at radius 3 is 2.63 bits per heavy atom. The van der Waals surface area contributed by atoms with Crippen LogP contribution in [0.25, 0.3) is 16.8 Å². The molecule has 0 bridgehead atoms. The highest BCUT2D eigenvalue weighted by molar-refractivity contribution is 7.12. The maximum Gasteiger partial charge on any atom is 0.340 e. The smallest absolute Gasteiger partial charge is 0.340 e. The van der Waals surface area contributed by atoms with Crippen LogP contribution in [0.1, 0.15) is 32.6 Å². The topological polar surface area (TPSA) is 60.7 Å². The van der Waals surface area contributed by atoms with Crippen molar-refractivity contribution in [3.63, 3.8) is 0 Å². The lowest BCUT2D eigenvalue weighted by molar-refractivity contribution is 0.0529. The van der Waals surface area contributed by atoms with Crippen LogP contribution in [0.4, 0.5) is 0 Å². The van der Waals surface area contributed by atoms with E-state index in [4.69, 9.17) is 4.74 Å². The molecule has 0 saturated heterocycles. The van der Waals surface area contributed by atoms with Gasteiger partial charge in [0, 0.05) is 5.56 Å². The minimum atomic E-state index is -0.453. The summed E-state index contributed by atoms with van der Waals surface area (Å²) in [6.45, 7) is 2.02. The second-order valence-electron chi connectivity index (χ2n) is 5.87. The van der Waals surface area contributed by atoms with Gasteiger partial charge in [-0.15, -0.1) is 11.3 Å². The lowest BCUT2D eigenvalue weighted by atomic mass is 10.1. The average molecular weight is 376 g/mol. The van der Waals surface area contributed by atoms with Crippen molar-refractivity contribution in [3.8, 4) is 11.3 Å². The molecule has 4 aromatic rings. The van der Waals surface area contributed by atoms with E-state index in [-0.39, 0.29) is 12.4 Å². The zero-order valence-electron chi connectivity index (χ0n) is 14.6. The molecule has 0 fully saturated rings. The maximum atomic E-state index is 12.9. The summed E-state index contributed by atoms with van der Waals surface area (Å²) in [5.74, 6) is -0.602. The Kier molecular flexibility index (Phi) is 4.56. The first kappa shape index (κ1) is 17.2. The molecule has 0 saturated carbocycles. The molecule has 0 aliphatic carbocycles. The van der Waals surface area contributed by atoms with E-state index >= 15 is 0 Å². The van der Waals surface area contributed by atoms with Gasteiger partial charge in [0.15, 0.2) is 0 Å². The number of ketones is 1. The number of fused-ring (bicyclic) bond motifs is 1. The fourth-order valence-corrected chi connectivity index (χ4v) is 3.62. The van der Waals surface area contributed by atoms with Crippen molar-refractivity contribution in [1.29, 1.82) is 0 Å². The summed E-state index contributed by atoms with van der Waals surface area (Å²) in [4.78, 5) is 30.4. The van der Waals surface area contributed by atoms with Crippen molar-refractivity contribution in [2.24, 2.45) is 0 Å². The Balaban J connectivity index is 1.90. The molecular formula is C21H16N2O3S. The maximum absolute atomic E-state index is 12.9. The molecule has 0 unspecified atom stereocenters. The Labute approximate surface area is 159 Å². The number of carbonyl (C=O) groups excluding carboxylic acids is 2. The summed E-state index contributed by atoms with van der Waals surface area (Å²) in [7, 11) is 0. The summed E-state index contributed by atoms with van der Waals surface area (Å²) >= 11 is 1.36. The number of thiophene rings is 1. The van der Waals surface area contributed by atoms with E-state index in [0.717, 1.165) is 11.3 Å². The lowest BCUT2D eigenvalue weighted by Gasteiger charge is -2.05. The number of carbonyl (C=O) groups is 2. The van der Waals surface area contributed by atoms with E-state index in [9.17, 15) is 9.59 Å². The Morgan fingerprint density at radius 1 is 1.11 bits per heavy atom. The standard InChI is InChI=1S/C21H16N2O3S/c1-2-26-21(25)15-11-18(20(24)19-9-6-10-27-19)23-13-22-16(12-17(15)23)14-7-4-3-5-8-14/h3-13H,2H2,1H3. The fraction of sp³-hybridized carbons (Fsp3) is 0.0952. The molecule has 0 spiro atoms. The van der Waals surface area contributed by atoms with Crippen molar-refractivity contribution in [1.82, 2.24) is 9.38 Å². The van der Waals surface area contributed by atoms with E-state index < -0.39 is 5.97 Å². The second kappa shape index (κ2) is 7.17. The van der Waals surface area contributed by atoms with Crippen molar-refractivity contribution in [2.75, 3.05) is 6.61 Å². The van der Waals surface area contributed by atoms with Gasteiger partial charge in [-0.05, 0) is 30.5 Å². The van der Waals surface area contributed by atoms with Crippen LogP contribution in [0.2, 0.25) is 0 Å². The minimum absolute atomic E-state index is 0.148. The van der Waals surface area contributed by atoms with Crippen LogP contribution in [0.15, 0.2) is 66.3 Å². The normalized spacial score (nSPS) is 10.9. The first-order valence-electron chi connectivity index (χ1n) is 8.51. The van der Waals surface area contributed by atoms with Crippen LogP contribution in [0, 0.1) is 0 Å². The molecule has 27 heavy (non-hydrogen) atoms. The molecule has 0 aliphatic heterocycles. The number of ether oxygens (including phenoxy) is 1. The Hall–Kier alpha value is -3.25. The van der Waals surface area contributed by atoms with Crippen molar-refractivity contribution in [3.05, 3.63) is 82.4 Å². The zero-order chi connectivity index (χ0) is 18.8. The molecule has 134 valence electrons. The van der Waals surface area contributed by atoms with E-state index in [2.05, 4.69) is 4.98 Å². The van der Waals surface area contributed by atoms with Gasteiger partial charge < -0.3 is 4.74 Å². The molecule has 1 aromatic carbocycles. The third-order valence-corrected chi connectivity index (χ3v) is 5.07. The number of hydrogen-bond acceptors (Lipinski definition) is 5. The quantitative estimate of drug-likeness (QED) is 0.381. The fourth-order valence-electron chi connectivity index (χ4n) is 2.95. The van der Waals surface area contributed by atoms with Crippen molar-refractivity contribution in [2.45, 2.75) is 6.92 Å². The number of benzene rings is 1. The number of hydrogen-bond donors (Lipinski definition) is 0. The van der Waals surface area contributed by atoms with Gasteiger partial charge in [-0.1, -0.05) is 36.4 Å². The van der Waals surface area contributed by atoms with Crippen LogP contribution in [-0.2, 0) is 4.74 Å². The van der Waals surface area contributed by atoms with E-state index in [0.29, 0.717) is 21.7 Å². The zero-order valence-corrected chi connectivity index (χ0v) is 15.4.